The van der Waals surface area contributed by atoms with Crippen LogP contribution in [-0.4, -0.2) is 25.6 Å². The molecule has 0 aliphatic heterocycles. The quantitative estimate of drug-likeness (QED) is 0.624. The molecule has 0 radical (unpaired) electrons. The van der Waals surface area contributed by atoms with Crippen molar-refractivity contribution in [1.82, 2.24) is 0 Å². The summed E-state index contributed by atoms with van der Waals surface area (Å²) in [7, 11) is 3.00. The number of hydrogen-bond acceptors (Lipinski definition) is 3. The van der Waals surface area contributed by atoms with Crippen LogP contribution in [0, 0.1) is 0 Å². The molecule has 1 aliphatic carbocycles. The van der Waals surface area contributed by atoms with Crippen LogP contribution < -0.4 is 0 Å². The van der Waals surface area contributed by atoms with Crippen molar-refractivity contribution in [2.45, 2.75) is 12.0 Å². The number of carbonyl (C=O) groups excluding carboxylic acids is 1. The van der Waals surface area contributed by atoms with Gasteiger partial charge in [-0.15, -0.1) is 6.58 Å². The summed E-state index contributed by atoms with van der Waals surface area (Å²) in [5.74, 6) is 0.451. The van der Waals surface area contributed by atoms with E-state index in [4.69, 9.17) is 9.47 Å². The highest BCUT2D eigenvalue weighted by Gasteiger charge is 2.54. The van der Waals surface area contributed by atoms with Gasteiger partial charge < -0.3 is 9.47 Å². The van der Waals surface area contributed by atoms with Crippen molar-refractivity contribution in [3.05, 3.63) is 36.6 Å². The summed E-state index contributed by atoms with van der Waals surface area (Å²) in [5.41, 5.74) is -0.462. The molecule has 76 valence electrons. The van der Waals surface area contributed by atoms with E-state index >= 15 is 0 Å². The molecule has 3 nitrogen and oxygen atoms in total. The summed E-state index contributed by atoms with van der Waals surface area (Å²) in [6.07, 6.45) is 3.55. The number of ketones is 1. The summed E-state index contributed by atoms with van der Waals surface area (Å²) in [6, 6.07) is 0. The van der Waals surface area contributed by atoms with Gasteiger partial charge in [-0.05, 0) is 0 Å². The van der Waals surface area contributed by atoms with E-state index in [1.165, 1.54) is 20.3 Å². The van der Waals surface area contributed by atoms with Crippen molar-refractivity contribution in [1.29, 1.82) is 0 Å². The Morgan fingerprint density at radius 2 is 2.07 bits per heavy atom. The van der Waals surface area contributed by atoms with E-state index in [0.29, 0.717) is 17.8 Å². The average Bonchev–Trinajstić information content (AvgIpc) is 2.21. The summed E-state index contributed by atoms with van der Waals surface area (Å²) < 4.78 is 10.3. The summed E-state index contributed by atoms with van der Waals surface area (Å²) in [4.78, 5) is 11.7. The molecule has 0 bridgehead atoms. The van der Waals surface area contributed by atoms with Gasteiger partial charge in [0.1, 0.15) is 5.76 Å². The number of ether oxygens (including phenoxy) is 2. The first kappa shape index (κ1) is 10.7. The molecule has 1 unspecified atom stereocenters. The first-order valence-electron chi connectivity index (χ1n) is 4.30. The Balaban J connectivity index is 3.13. The second-order valence-corrected chi connectivity index (χ2v) is 3.00. The lowest BCUT2D eigenvalue weighted by atomic mass is 9.75. The summed E-state index contributed by atoms with van der Waals surface area (Å²) in [6.45, 7) is 7.14. The molecule has 0 heterocycles. The average molecular weight is 194 g/mol. The van der Waals surface area contributed by atoms with Gasteiger partial charge in [0, 0.05) is 13.5 Å². The standard InChI is InChI=1S/C11H14O3/c1-5-7-11(14-4)9(12)8(6-2)10(11)13-3/h5-6H,1-2,7H2,3-4H3. The number of rotatable bonds is 5. The van der Waals surface area contributed by atoms with Gasteiger partial charge in [-0.2, -0.15) is 0 Å². The highest BCUT2D eigenvalue weighted by Crippen LogP contribution is 2.41. The van der Waals surface area contributed by atoms with Gasteiger partial charge in [0.05, 0.1) is 12.7 Å². The van der Waals surface area contributed by atoms with E-state index in [0.717, 1.165) is 0 Å². The Labute approximate surface area is 83.7 Å². The monoisotopic (exact) mass is 194 g/mol. The lowest BCUT2D eigenvalue weighted by Gasteiger charge is -2.39. The SMILES string of the molecule is C=CCC1(OC)C(=O)C(C=C)=C1OC. The van der Waals surface area contributed by atoms with Crippen molar-refractivity contribution in [2.75, 3.05) is 14.2 Å². The van der Waals surface area contributed by atoms with Gasteiger partial charge in [0.2, 0.25) is 5.78 Å². The van der Waals surface area contributed by atoms with E-state index in [9.17, 15) is 4.79 Å². The molecular weight excluding hydrogens is 180 g/mol. The number of hydrogen-bond donors (Lipinski definition) is 0. The second-order valence-electron chi connectivity index (χ2n) is 3.00. The van der Waals surface area contributed by atoms with Gasteiger partial charge in [-0.3, -0.25) is 4.79 Å². The van der Waals surface area contributed by atoms with Crippen LogP contribution in [0.15, 0.2) is 36.6 Å². The van der Waals surface area contributed by atoms with Gasteiger partial charge >= 0.3 is 0 Å². The predicted octanol–water partition coefficient (Wildman–Crippen LogP) is 1.62. The zero-order valence-corrected chi connectivity index (χ0v) is 8.50. The Morgan fingerprint density at radius 3 is 2.43 bits per heavy atom. The Bertz CT molecular complexity index is 314. The molecule has 0 spiro atoms. The van der Waals surface area contributed by atoms with E-state index in [-0.39, 0.29) is 5.78 Å². The third-order valence-corrected chi connectivity index (χ3v) is 2.41. The molecular formula is C11H14O3. The van der Waals surface area contributed by atoms with E-state index < -0.39 is 5.60 Å². The zero-order valence-electron chi connectivity index (χ0n) is 8.50. The first-order valence-corrected chi connectivity index (χ1v) is 4.30. The van der Waals surface area contributed by atoms with Crippen LogP contribution in [0.4, 0.5) is 0 Å². The van der Waals surface area contributed by atoms with Crippen LogP contribution in [0.1, 0.15) is 6.42 Å². The second kappa shape index (κ2) is 3.80. The van der Waals surface area contributed by atoms with Gasteiger partial charge in [0.15, 0.2) is 5.60 Å². The van der Waals surface area contributed by atoms with Crippen molar-refractivity contribution < 1.29 is 14.3 Å². The van der Waals surface area contributed by atoms with Gasteiger partial charge in [-0.25, -0.2) is 0 Å². The van der Waals surface area contributed by atoms with Crippen LogP contribution in [0.2, 0.25) is 0 Å². The maximum atomic E-state index is 11.7. The molecule has 0 aromatic heterocycles. The molecule has 0 fully saturated rings. The smallest absolute Gasteiger partial charge is 0.206 e. The molecule has 0 aromatic rings. The maximum absolute atomic E-state index is 11.7. The molecule has 0 amide bonds. The minimum Gasteiger partial charge on any atom is -0.497 e. The predicted molar refractivity (Wildman–Crippen MR) is 53.8 cm³/mol. The molecule has 0 aromatic carbocycles. The number of Topliss-reactive ketones (excluding diaryl/α,β-unsaturated/α-hetero) is 1. The molecule has 1 atom stereocenters. The van der Waals surface area contributed by atoms with E-state index in [1.54, 1.807) is 6.08 Å². The zero-order chi connectivity index (χ0) is 10.8. The molecule has 1 aliphatic rings. The number of allylic oxidation sites excluding steroid dienone is 1. The number of carbonyl (C=O) groups is 1. The fourth-order valence-corrected chi connectivity index (χ4v) is 1.70. The topological polar surface area (TPSA) is 35.5 Å². The fraction of sp³-hybridized carbons (Fsp3) is 0.364. The van der Waals surface area contributed by atoms with Crippen molar-refractivity contribution in [2.24, 2.45) is 0 Å². The van der Waals surface area contributed by atoms with Crippen molar-refractivity contribution >= 4 is 5.78 Å². The van der Waals surface area contributed by atoms with Gasteiger partial charge in [0.25, 0.3) is 0 Å². The lowest BCUT2D eigenvalue weighted by Crippen LogP contribution is -2.52. The van der Waals surface area contributed by atoms with Crippen LogP contribution in [0.3, 0.4) is 0 Å². The van der Waals surface area contributed by atoms with E-state index in [1.807, 2.05) is 0 Å². The summed E-state index contributed by atoms with van der Waals surface area (Å²) in [5, 5.41) is 0. The Morgan fingerprint density at radius 1 is 1.43 bits per heavy atom. The third-order valence-electron chi connectivity index (χ3n) is 2.41. The Kier molecular flexibility index (Phi) is 2.91. The molecule has 14 heavy (non-hydrogen) atoms. The molecule has 0 saturated carbocycles. The van der Waals surface area contributed by atoms with Crippen LogP contribution in [0.5, 0.6) is 0 Å². The van der Waals surface area contributed by atoms with Crippen LogP contribution in [-0.2, 0) is 14.3 Å². The van der Waals surface area contributed by atoms with Crippen LogP contribution in [0.25, 0.3) is 0 Å². The largest absolute Gasteiger partial charge is 0.497 e. The van der Waals surface area contributed by atoms with Crippen LogP contribution >= 0.6 is 0 Å². The minimum absolute atomic E-state index is 0.0910. The number of methoxy groups -OCH3 is 2. The highest BCUT2D eigenvalue weighted by molar-refractivity contribution is 6.13. The first-order chi connectivity index (χ1) is 6.67. The minimum atomic E-state index is -0.958. The molecule has 0 saturated heterocycles. The molecule has 3 heteroatoms. The van der Waals surface area contributed by atoms with Crippen molar-refractivity contribution in [3.63, 3.8) is 0 Å². The Hall–Kier alpha value is -1.35. The van der Waals surface area contributed by atoms with Gasteiger partial charge in [-0.1, -0.05) is 18.7 Å². The highest BCUT2D eigenvalue weighted by atomic mass is 16.5. The van der Waals surface area contributed by atoms with Crippen molar-refractivity contribution in [3.8, 4) is 0 Å². The lowest BCUT2D eigenvalue weighted by molar-refractivity contribution is -0.142. The summed E-state index contributed by atoms with van der Waals surface area (Å²) >= 11 is 0. The van der Waals surface area contributed by atoms with E-state index in [2.05, 4.69) is 13.2 Å². The molecule has 1 rings (SSSR count). The normalized spacial score (nSPS) is 25.7. The maximum Gasteiger partial charge on any atom is 0.206 e. The fourth-order valence-electron chi connectivity index (χ4n) is 1.70. The molecule has 0 N–H and O–H groups in total. The third kappa shape index (κ3) is 1.13.